The zero-order valence-corrected chi connectivity index (χ0v) is 13.2. The number of carbonyl (C=O) groups excluding carboxylic acids is 1. The molecule has 1 amide bonds. The van der Waals surface area contributed by atoms with Crippen LogP contribution in [0, 0.1) is 34.5 Å². The van der Waals surface area contributed by atoms with E-state index in [0.717, 1.165) is 37.0 Å². The summed E-state index contributed by atoms with van der Waals surface area (Å²) in [6, 6.07) is -1.74. The second kappa shape index (κ2) is 4.29. The Hall–Kier alpha value is -1.12. The number of hydrogen-bond acceptors (Lipinski definition) is 4. The smallest absolute Gasteiger partial charge is 0.241 e. The van der Waals surface area contributed by atoms with Gasteiger partial charge in [0.05, 0.1) is 19.1 Å². The molecule has 124 valence electrons. The van der Waals surface area contributed by atoms with Crippen LogP contribution < -0.4 is 5.73 Å². The molecule has 4 bridgehead atoms. The van der Waals surface area contributed by atoms with Crippen LogP contribution in [-0.4, -0.2) is 39.6 Å². The topological polar surface area (TPSA) is 90.3 Å². The number of nitrogens with zero attached hydrogens (tertiary/aromatic N) is 2. The van der Waals surface area contributed by atoms with Gasteiger partial charge in [-0.15, -0.1) is 0 Å². The normalized spacial score (nSPS) is 61.1. The van der Waals surface area contributed by atoms with Crippen molar-refractivity contribution in [3.05, 3.63) is 0 Å². The molecule has 5 aliphatic carbocycles. The third kappa shape index (κ3) is 1.88. The van der Waals surface area contributed by atoms with E-state index in [2.05, 4.69) is 0 Å². The van der Waals surface area contributed by atoms with Crippen molar-refractivity contribution in [1.29, 1.82) is 5.26 Å². The Morgan fingerprint density at radius 1 is 1.39 bits per heavy atom. The van der Waals surface area contributed by atoms with E-state index in [4.69, 9.17) is 9.85 Å². The second-order valence-corrected chi connectivity index (χ2v) is 8.75. The van der Waals surface area contributed by atoms with Crippen molar-refractivity contribution in [3.63, 3.8) is 0 Å². The standard InChI is InChI=1S/C18H25N3O2/c19-8-13-2-12-3-14(12)21(13)16(22)15(20)17-4-10-1-11(5-17)7-18(23,6-10)9-17/h10-15,23H,1-7,9,20H2/t10?,11?,12-,13+,14+,15-,17?,18?/m1/s1/i2D2,13D. The second-order valence-electron chi connectivity index (χ2n) is 8.75. The molecule has 2 unspecified atom stereocenters. The molecule has 1 aliphatic heterocycles. The minimum Gasteiger partial charge on any atom is -0.390 e. The molecule has 0 aromatic carbocycles. The minimum atomic E-state index is -2.21. The lowest BCUT2D eigenvalue weighted by molar-refractivity contribution is -0.177. The van der Waals surface area contributed by atoms with Gasteiger partial charge in [0.25, 0.3) is 0 Å². The van der Waals surface area contributed by atoms with Crippen molar-refractivity contribution >= 4 is 5.91 Å². The van der Waals surface area contributed by atoms with Gasteiger partial charge in [0.15, 0.2) is 0 Å². The maximum atomic E-state index is 13.3. The molecule has 1 saturated heterocycles. The Labute approximate surface area is 141 Å². The fourth-order valence-electron chi connectivity index (χ4n) is 6.45. The monoisotopic (exact) mass is 318 g/mol. The van der Waals surface area contributed by atoms with Gasteiger partial charge in [0, 0.05) is 8.78 Å². The maximum absolute atomic E-state index is 13.3. The van der Waals surface area contributed by atoms with Crippen LogP contribution in [0.1, 0.15) is 55.4 Å². The first kappa shape index (κ1) is 11.4. The summed E-state index contributed by atoms with van der Waals surface area (Å²) in [6.07, 6.45) is 3.23. The first-order valence-corrected chi connectivity index (χ1v) is 8.78. The molecule has 0 radical (unpaired) electrons. The van der Waals surface area contributed by atoms with Crippen LogP contribution in [-0.2, 0) is 4.79 Å². The van der Waals surface area contributed by atoms with E-state index in [1.165, 1.54) is 0 Å². The molecule has 3 N–H and O–H groups in total. The van der Waals surface area contributed by atoms with Gasteiger partial charge in [-0.2, -0.15) is 5.26 Å². The largest absolute Gasteiger partial charge is 0.390 e. The Kier molecular flexibility index (Phi) is 2.13. The summed E-state index contributed by atoms with van der Waals surface area (Å²) in [5.41, 5.74) is 5.26. The van der Waals surface area contributed by atoms with Gasteiger partial charge in [0.1, 0.15) is 6.02 Å². The number of nitrogens with two attached hydrogens (primary N) is 1. The third-order valence-electron chi connectivity index (χ3n) is 7.00. The number of carbonyl (C=O) groups is 1. The summed E-state index contributed by atoms with van der Waals surface area (Å²) in [5.74, 6) is -0.150. The Balaban J connectivity index is 1.48. The van der Waals surface area contributed by atoms with Crippen molar-refractivity contribution in [2.24, 2.45) is 28.9 Å². The Bertz CT molecular complexity index is 724. The van der Waals surface area contributed by atoms with Crippen molar-refractivity contribution in [2.45, 2.75) is 75.0 Å². The molecular formula is C18H25N3O2. The summed E-state index contributed by atoms with van der Waals surface area (Å²) < 4.78 is 24.8. The highest BCUT2D eigenvalue weighted by Gasteiger charge is 2.62. The molecule has 5 heteroatoms. The fourth-order valence-corrected chi connectivity index (χ4v) is 6.45. The van der Waals surface area contributed by atoms with E-state index in [9.17, 15) is 15.2 Å². The van der Waals surface area contributed by atoms with E-state index in [0.29, 0.717) is 24.7 Å². The highest BCUT2D eigenvalue weighted by atomic mass is 16.3. The van der Waals surface area contributed by atoms with Gasteiger partial charge in [-0.25, -0.2) is 0 Å². The molecule has 23 heavy (non-hydrogen) atoms. The Morgan fingerprint density at radius 3 is 2.70 bits per heavy atom. The van der Waals surface area contributed by atoms with Crippen molar-refractivity contribution in [2.75, 3.05) is 0 Å². The molecule has 0 aromatic heterocycles. The molecule has 5 nitrogen and oxygen atoms in total. The zero-order valence-electron chi connectivity index (χ0n) is 16.2. The summed E-state index contributed by atoms with van der Waals surface area (Å²) in [4.78, 5) is 14.5. The van der Waals surface area contributed by atoms with E-state index in [-0.39, 0.29) is 0 Å². The summed E-state index contributed by atoms with van der Waals surface area (Å²) in [6.45, 7) is 0. The maximum Gasteiger partial charge on any atom is 0.241 e. The first-order chi connectivity index (χ1) is 12.1. The molecule has 1 heterocycles. The average molecular weight is 318 g/mol. The molecule has 6 atom stereocenters. The number of rotatable bonds is 2. The molecule has 5 saturated carbocycles. The predicted molar refractivity (Wildman–Crippen MR) is 82.8 cm³/mol. The summed E-state index contributed by atoms with van der Waals surface area (Å²) in [7, 11) is 0. The average Bonchev–Trinajstić information content (AvgIpc) is 3.29. The van der Waals surface area contributed by atoms with E-state index in [1.54, 1.807) is 6.07 Å². The molecule has 6 fully saturated rings. The number of likely N-dealkylation sites (tertiary alicyclic amines) is 1. The number of amides is 1. The van der Waals surface area contributed by atoms with Crippen molar-refractivity contribution in [1.82, 2.24) is 4.90 Å². The molecule has 6 aliphatic rings. The summed E-state index contributed by atoms with van der Waals surface area (Å²) >= 11 is 0. The van der Waals surface area contributed by atoms with Crippen LogP contribution in [0.3, 0.4) is 0 Å². The number of piperidine rings is 1. The Morgan fingerprint density at radius 2 is 2.09 bits per heavy atom. The highest BCUT2D eigenvalue weighted by Crippen LogP contribution is 2.63. The van der Waals surface area contributed by atoms with Gasteiger partial charge in [0.2, 0.25) is 5.91 Å². The van der Waals surface area contributed by atoms with Crippen LogP contribution in [0.5, 0.6) is 0 Å². The lowest BCUT2D eigenvalue weighted by Gasteiger charge is -2.61. The fraction of sp³-hybridized carbons (Fsp3) is 0.889. The van der Waals surface area contributed by atoms with Gasteiger partial charge in [-0.3, -0.25) is 4.79 Å². The van der Waals surface area contributed by atoms with Gasteiger partial charge in [-0.05, 0) is 74.5 Å². The van der Waals surface area contributed by atoms with Crippen molar-refractivity contribution < 1.29 is 14.0 Å². The third-order valence-corrected chi connectivity index (χ3v) is 7.00. The highest BCUT2D eigenvalue weighted by molar-refractivity contribution is 5.84. The zero-order chi connectivity index (χ0) is 18.7. The van der Waals surface area contributed by atoms with Gasteiger partial charge < -0.3 is 15.7 Å². The number of hydrogen-bond donors (Lipinski definition) is 2. The predicted octanol–water partition coefficient (Wildman–Crippen LogP) is 1.16. The van der Waals surface area contributed by atoms with Crippen LogP contribution in [0.15, 0.2) is 0 Å². The van der Waals surface area contributed by atoms with E-state index < -0.39 is 47.3 Å². The molecular weight excluding hydrogens is 290 g/mol. The van der Waals surface area contributed by atoms with Crippen LogP contribution >= 0.6 is 0 Å². The van der Waals surface area contributed by atoms with Gasteiger partial charge in [-0.1, -0.05) is 0 Å². The number of nitriles is 1. The van der Waals surface area contributed by atoms with Crippen molar-refractivity contribution in [3.8, 4) is 6.07 Å². The lowest BCUT2D eigenvalue weighted by Crippen LogP contribution is -2.64. The van der Waals surface area contributed by atoms with E-state index >= 15 is 0 Å². The summed E-state index contributed by atoms with van der Waals surface area (Å²) in [5, 5.41) is 20.4. The van der Waals surface area contributed by atoms with E-state index in [1.807, 2.05) is 0 Å². The molecule has 0 spiro atoms. The van der Waals surface area contributed by atoms with Crippen LogP contribution in [0.4, 0.5) is 0 Å². The minimum absolute atomic E-state index is 0.385. The lowest BCUT2D eigenvalue weighted by atomic mass is 9.46. The molecule has 6 rings (SSSR count). The molecule has 0 aromatic rings. The van der Waals surface area contributed by atoms with Gasteiger partial charge >= 0.3 is 0 Å². The van der Waals surface area contributed by atoms with Crippen LogP contribution in [0.25, 0.3) is 0 Å². The van der Waals surface area contributed by atoms with Crippen LogP contribution in [0.2, 0.25) is 0 Å². The number of aliphatic hydroxyl groups is 1. The first-order valence-electron chi connectivity index (χ1n) is 10.3. The number of fused-ring (bicyclic) bond motifs is 1. The SMILES string of the molecule is [2H]C1([2H])[C@@H]2C[C@@H]2N(C(=O)[C@@H](N)C23CC4CC(CC(O)(C4)C2)C3)[C@]1([2H])C#N. The quantitative estimate of drug-likeness (QED) is 0.799.